The number of carbonyl (C=O) groups is 1. The minimum atomic E-state index is -0.185. The highest BCUT2D eigenvalue weighted by molar-refractivity contribution is 7.80. The van der Waals surface area contributed by atoms with Crippen molar-refractivity contribution in [3.63, 3.8) is 0 Å². The van der Waals surface area contributed by atoms with E-state index in [-0.39, 0.29) is 17.4 Å². The lowest BCUT2D eigenvalue weighted by atomic mass is 10.1. The SMILES string of the molecule is COc1ccc(CC(=O)NC(=S)Nc2cccc(OC)c2)cc1. The van der Waals surface area contributed by atoms with Crippen molar-refractivity contribution in [2.24, 2.45) is 0 Å². The summed E-state index contributed by atoms with van der Waals surface area (Å²) in [6.45, 7) is 0. The Balaban J connectivity index is 1.87. The molecule has 0 aliphatic carbocycles. The molecule has 0 aromatic heterocycles. The van der Waals surface area contributed by atoms with Gasteiger partial charge in [0.25, 0.3) is 0 Å². The molecule has 2 aromatic carbocycles. The van der Waals surface area contributed by atoms with E-state index in [0.29, 0.717) is 5.75 Å². The molecule has 0 heterocycles. The lowest BCUT2D eigenvalue weighted by Crippen LogP contribution is -2.35. The third-order valence-electron chi connectivity index (χ3n) is 3.10. The molecule has 23 heavy (non-hydrogen) atoms. The molecule has 120 valence electrons. The van der Waals surface area contributed by atoms with Crippen LogP contribution in [-0.2, 0) is 11.2 Å². The third kappa shape index (κ3) is 5.27. The van der Waals surface area contributed by atoms with Crippen molar-refractivity contribution in [1.82, 2.24) is 5.32 Å². The van der Waals surface area contributed by atoms with Crippen molar-refractivity contribution < 1.29 is 14.3 Å². The van der Waals surface area contributed by atoms with E-state index in [9.17, 15) is 4.79 Å². The quantitative estimate of drug-likeness (QED) is 0.826. The number of methoxy groups -OCH3 is 2. The van der Waals surface area contributed by atoms with Gasteiger partial charge in [0, 0.05) is 11.8 Å². The molecule has 0 aliphatic heterocycles. The zero-order valence-electron chi connectivity index (χ0n) is 13.0. The Bertz CT molecular complexity index is 686. The first-order valence-corrected chi connectivity index (χ1v) is 7.39. The average molecular weight is 330 g/mol. The maximum Gasteiger partial charge on any atom is 0.230 e. The van der Waals surface area contributed by atoms with E-state index >= 15 is 0 Å². The molecule has 0 fully saturated rings. The number of benzene rings is 2. The normalized spacial score (nSPS) is 9.83. The number of hydrogen-bond acceptors (Lipinski definition) is 4. The van der Waals surface area contributed by atoms with Gasteiger partial charge in [0.15, 0.2) is 5.11 Å². The van der Waals surface area contributed by atoms with Gasteiger partial charge >= 0.3 is 0 Å². The zero-order chi connectivity index (χ0) is 16.7. The van der Waals surface area contributed by atoms with Gasteiger partial charge in [0.05, 0.1) is 20.6 Å². The Morgan fingerprint density at radius 3 is 2.39 bits per heavy atom. The molecule has 5 nitrogen and oxygen atoms in total. The Morgan fingerprint density at radius 1 is 1.04 bits per heavy atom. The van der Waals surface area contributed by atoms with Crippen molar-refractivity contribution >= 4 is 28.9 Å². The number of ether oxygens (including phenoxy) is 2. The summed E-state index contributed by atoms with van der Waals surface area (Å²) >= 11 is 5.14. The van der Waals surface area contributed by atoms with Gasteiger partial charge in [-0.05, 0) is 42.0 Å². The second kappa shape index (κ2) is 8.14. The number of carbonyl (C=O) groups excluding carboxylic acids is 1. The molecule has 6 heteroatoms. The van der Waals surface area contributed by atoms with Crippen LogP contribution in [0.3, 0.4) is 0 Å². The van der Waals surface area contributed by atoms with Crippen molar-refractivity contribution in [3.05, 3.63) is 54.1 Å². The van der Waals surface area contributed by atoms with Crippen LogP contribution in [0.2, 0.25) is 0 Å². The molecule has 0 unspecified atom stereocenters. The largest absolute Gasteiger partial charge is 0.497 e. The summed E-state index contributed by atoms with van der Waals surface area (Å²) in [6.07, 6.45) is 0.240. The third-order valence-corrected chi connectivity index (χ3v) is 3.31. The van der Waals surface area contributed by atoms with E-state index in [0.717, 1.165) is 17.0 Å². The van der Waals surface area contributed by atoms with Crippen LogP contribution in [0.5, 0.6) is 11.5 Å². The molecule has 0 spiro atoms. The first kappa shape index (κ1) is 16.8. The van der Waals surface area contributed by atoms with E-state index in [2.05, 4.69) is 10.6 Å². The highest BCUT2D eigenvalue weighted by Gasteiger charge is 2.07. The summed E-state index contributed by atoms with van der Waals surface area (Å²) in [5, 5.41) is 5.85. The molecule has 0 aliphatic rings. The van der Waals surface area contributed by atoms with Gasteiger partial charge in [0.1, 0.15) is 11.5 Å². The Morgan fingerprint density at radius 2 is 1.74 bits per heavy atom. The molecular formula is C17H18N2O3S. The number of hydrogen-bond donors (Lipinski definition) is 2. The Labute approximate surface area is 140 Å². The van der Waals surface area contributed by atoms with Gasteiger partial charge in [-0.1, -0.05) is 18.2 Å². The summed E-state index contributed by atoms with van der Waals surface area (Å²) in [7, 11) is 3.19. The zero-order valence-corrected chi connectivity index (χ0v) is 13.8. The first-order valence-electron chi connectivity index (χ1n) is 6.98. The minimum Gasteiger partial charge on any atom is -0.497 e. The molecule has 0 radical (unpaired) electrons. The van der Waals surface area contributed by atoms with Gasteiger partial charge in [-0.15, -0.1) is 0 Å². The molecule has 1 amide bonds. The second-order valence-corrected chi connectivity index (χ2v) is 5.17. The van der Waals surface area contributed by atoms with Gasteiger partial charge in [-0.3, -0.25) is 4.79 Å². The summed E-state index contributed by atoms with van der Waals surface area (Å²) < 4.78 is 10.2. The number of thiocarbonyl (C=S) groups is 1. The number of amides is 1. The van der Waals surface area contributed by atoms with E-state index < -0.39 is 0 Å². The lowest BCUT2D eigenvalue weighted by molar-refractivity contribution is -0.119. The highest BCUT2D eigenvalue weighted by atomic mass is 32.1. The van der Waals surface area contributed by atoms with E-state index in [1.54, 1.807) is 20.3 Å². The van der Waals surface area contributed by atoms with Gasteiger partial charge < -0.3 is 20.1 Å². The predicted octanol–water partition coefficient (Wildman–Crippen LogP) is 2.76. The van der Waals surface area contributed by atoms with E-state index in [1.165, 1.54) is 0 Å². The van der Waals surface area contributed by atoms with Crippen molar-refractivity contribution in [3.8, 4) is 11.5 Å². The van der Waals surface area contributed by atoms with Crippen LogP contribution < -0.4 is 20.1 Å². The van der Waals surface area contributed by atoms with Crippen LogP contribution in [0.4, 0.5) is 5.69 Å². The molecule has 0 bridgehead atoms. The van der Waals surface area contributed by atoms with Gasteiger partial charge in [-0.25, -0.2) is 0 Å². The minimum absolute atomic E-state index is 0.185. The molecule has 0 saturated carbocycles. The number of nitrogens with one attached hydrogen (secondary N) is 2. The van der Waals surface area contributed by atoms with Crippen LogP contribution in [0, 0.1) is 0 Å². The molecule has 2 N–H and O–H groups in total. The number of rotatable bonds is 5. The highest BCUT2D eigenvalue weighted by Crippen LogP contribution is 2.16. The van der Waals surface area contributed by atoms with Crippen LogP contribution in [-0.4, -0.2) is 25.2 Å². The lowest BCUT2D eigenvalue weighted by Gasteiger charge is -2.10. The van der Waals surface area contributed by atoms with Crippen LogP contribution >= 0.6 is 12.2 Å². The Hall–Kier alpha value is -2.60. The molecule has 0 atom stereocenters. The maximum atomic E-state index is 12.0. The fourth-order valence-corrected chi connectivity index (χ4v) is 2.19. The molecule has 0 saturated heterocycles. The standard InChI is InChI=1S/C17H18N2O3S/c1-21-14-8-6-12(7-9-14)10-16(20)19-17(23)18-13-4-3-5-15(11-13)22-2/h3-9,11H,10H2,1-2H3,(H2,18,19,20,23). The predicted molar refractivity (Wildman–Crippen MR) is 94.1 cm³/mol. The van der Waals surface area contributed by atoms with Crippen molar-refractivity contribution in [2.45, 2.75) is 6.42 Å². The van der Waals surface area contributed by atoms with Crippen LogP contribution in [0.25, 0.3) is 0 Å². The molecular weight excluding hydrogens is 312 g/mol. The average Bonchev–Trinajstić information content (AvgIpc) is 2.55. The summed E-state index contributed by atoms with van der Waals surface area (Å²) in [6, 6.07) is 14.6. The van der Waals surface area contributed by atoms with Crippen LogP contribution in [0.15, 0.2) is 48.5 Å². The second-order valence-electron chi connectivity index (χ2n) is 4.76. The summed E-state index contributed by atoms with van der Waals surface area (Å²) in [5.74, 6) is 1.28. The monoisotopic (exact) mass is 330 g/mol. The first-order chi connectivity index (χ1) is 11.1. The van der Waals surface area contributed by atoms with Crippen molar-refractivity contribution in [1.29, 1.82) is 0 Å². The smallest absolute Gasteiger partial charge is 0.230 e. The maximum absolute atomic E-state index is 12.0. The summed E-state index contributed by atoms with van der Waals surface area (Å²) in [5.41, 5.74) is 1.63. The van der Waals surface area contributed by atoms with E-state index in [1.807, 2.05) is 42.5 Å². The number of anilines is 1. The fourth-order valence-electron chi connectivity index (χ4n) is 1.96. The van der Waals surface area contributed by atoms with Crippen LogP contribution in [0.1, 0.15) is 5.56 Å². The summed E-state index contributed by atoms with van der Waals surface area (Å²) in [4.78, 5) is 12.0. The molecule has 2 rings (SSSR count). The van der Waals surface area contributed by atoms with Gasteiger partial charge in [-0.2, -0.15) is 0 Å². The van der Waals surface area contributed by atoms with Gasteiger partial charge in [0.2, 0.25) is 5.91 Å². The topological polar surface area (TPSA) is 59.6 Å². The fraction of sp³-hybridized carbons (Fsp3) is 0.176. The van der Waals surface area contributed by atoms with Crippen molar-refractivity contribution in [2.75, 3.05) is 19.5 Å². The Kier molecular flexibility index (Phi) is 5.94. The van der Waals surface area contributed by atoms with E-state index in [4.69, 9.17) is 21.7 Å². The molecule has 2 aromatic rings.